The number of carbonyl (C=O) groups is 3. The molecule has 2 unspecified atom stereocenters. The Labute approximate surface area is 178 Å². The standard InChI is InChI=1S/C22H24BrN3O3/c1-12-8-13(2)19(14(3)9-12)20-17(27)10-15(21(20)28)6-7-24-22(29)26-18-5-4-16(23)11-25-18/h4-5,8-9,11,15,20H,6-7,10H2,1-3H3,(H2,24,25,26,29). The molecular weight excluding hydrogens is 434 g/mol. The first kappa shape index (κ1) is 21.2. The molecule has 1 aliphatic carbocycles. The summed E-state index contributed by atoms with van der Waals surface area (Å²) in [7, 11) is 0. The second kappa shape index (κ2) is 8.86. The molecule has 0 bridgehead atoms. The second-order valence-corrected chi connectivity index (χ2v) is 8.46. The average molecular weight is 458 g/mol. The van der Waals surface area contributed by atoms with Gasteiger partial charge in [-0.2, -0.15) is 0 Å². The van der Waals surface area contributed by atoms with E-state index in [9.17, 15) is 14.4 Å². The van der Waals surface area contributed by atoms with E-state index in [2.05, 4.69) is 31.5 Å². The van der Waals surface area contributed by atoms with E-state index in [1.165, 1.54) is 0 Å². The first-order valence-corrected chi connectivity index (χ1v) is 10.4. The highest BCUT2D eigenvalue weighted by Crippen LogP contribution is 2.37. The molecule has 1 aliphatic rings. The van der Waals surface area contributed by atoms with Gasteiger partial charge in [-0.25, -0.2) is 9.78 Å². The monoisotopic (exact) mass is 457 g/mol. The molecule has 2 N–H and O–H groups in total. The lowest BCUT2D eigenvalue weighted by Gasteiger charge is -2.16. The summed E-state index contributed by atoms with van der Waals surface area (Å²) in [6.07, 6.45) is 2.26. The molecule has 0 radical (unpaired) electrons. The van der Waals surface area contributed by atoms with Crippen molar-refractivity contribution in [2.24, 2.45) is 5.92 Å². The Morgan fingerprint density at radius 1 is 1.17 bits per heavy atom. The summed E-state index contributed by atoms with van der Waals surface area (Å²) < 4.78 is 0.821. The maximum Gasteiger partial charge on any atom is 0.320 e. The summed E-state index contributed by atoms with van der Waals surface area (Å²) in [6.45, 7) is 6.21. The minimum Gasteiger partial charge on any atom is -0.338 e. The van der Waals surface area contributed by atoms with Crippen molar-refractivity contribution in [3.05, 3.63) is 57.2 Å². The minimum atomic E-state index is -0.679. The Hall–Kier alpha value is -2.54. The Morgan fingerprint density at radius 2 is 1.86 bits per heavy atom. The fraction of sp³-hybridized carbons (Fsp3) is 0.364. The first-order valence-electron chi connectivity index (χ1n) is 9.57. The van der Waals surface area contributed by atoms with Crippen LogP contribution in [0.1, 0.15) is 41.0 Å². The Kier molecular flexibility index (Phi) is 6.47. The highest BCUT2D eigenvalue weighted by Gasteiger charge is 2.42. The van der Waals surface area contributed by atoms with E-state index in [1.807, 2.05) is 32.9 Å². The number of amides is 2. The van der Waals surface area contributed by atoms with Crippen LogP contribution >= 0.6 is 15.9 Å². The summed E-state index contributed by atoms with van der Waals surface area (Å²) >= 11 is 3.29. The zero-order valence-electron chi connectivity index (χ0n) is 16.7. The Balaban J connectivity index is 1.58. The van der Waals surface area contributed by atoms with Crippen LogP contribution in [0.25, 0.3) is 0 Å². The molecule has 2 aromatic rings. The highest BCUT2D eigenvalue weighted by atomic mass is 79.9. The first-order chi connectivity index (χ1) is 13.8. The van der Waals surface area contributed by atoms with Crippen LogP contribution in [0.5, 0.6) is 0 Å². The van der Waals surface area contributed by atoms with Crippen molar-refractivity contribution in [2.45, 2.75) is 39.5 Å². The number of nitrogens with one attached hydrogen (secondary N) is 2. The van der Waals surface area contributed by atoms with Gasteiger partial charge < -0.3 is 5.32 Å². The van der Waals surface area contributed by atoms with E-state index < -0.39 is 11.9 Å². The summed E-state index contributed by atoms with van der Waals surface area (Å²) in [5.74, 6) is -0.677. The number of benzene rings is 1. The third kappa shape index (κ3) is 4.90. The average Bonchev–Trinajstić information content (AvgIpc) is 2.91. The largest absolute Gasteiger partial charge is 0.338 e. The number of aryl methyl sites for hydroxylation is 3. The minimum absolute atomic E-state index is 0.0291. The number of nitrogens with zero attached hydrogens (tertiary/aromatic N) is 1. The van der Waals surface area contributed by atoms with Gasteiger partial charge in [0.2, 0.25) is 0 Å². The van der Waals surface area contributed by atoms with Gasteiger partial charge >= 0.3 is 6.03 Å². The molecule has 6 nitrogen and oxygen atoms in total. The molecule has 1 aromatic carbocycles. The highest BCUT2D eigenvalue weighted by molar-refractivity contribution is 9.10. The van der Waals surface area contributed by atoms with E-state index in [1.54, 1.807) is 18.3 Å². The SMILES string of the molecule is Cc1cc(C)c(C2C(=O)CC(CCNC(=O)Nc3ccc(Br)cn3)C2=O)c(C)c1. The number of hydrogen-bond acceptors (Lipinski definition) is 4. The molecule has 1 saturated carbocycles. The van der Waals surface area contributed by atoms with Gasteiger partial charge in [-0.05, 0) is 71.9 Å². The van der Waals surface area contributed by atoms with Gasteiger partial charge in [0.15, 0.2) is 5.78 Å². The number of rotatable bonds is 5. The summed E-state index contributed by atoms with van der Waals surface area (Å²) in [5.41, 5.74) is 3.93. The molecule has 0 saturated heterocycles. The normalized spacial score (nSPS) is 18.8. The molecule has 2 atom stereocenters. The van der Waals surface area contributed by atoms with Crippen molar-refractivity contribution in [3.63, 3.8) is 0 Å². The summed E-state index contributed by atoms with van der Waals surface area (Å²) in [4.78, 5) is 41.6. The number of carbonyl (C=O) groups excluding carboxylic acids is 3. The number of pyridine rings is 1. The third-order valence-corrected chi connectivity index (χ3v) is 5.70. The van der Waals surface area contributed by atoms with Crippen molar-refractivity contribution in [2.75, 3.05) is 11.9 Å². The van der Waals surface area contributed by atoms with Crippen LogP contribution in [0.15, 0.2) is 34.9 Å². The smallest absolute Gasteiger partial charge is 0.320 e. The van der Waals surface area contributed by atoms with Gasteiger partial charge in [-0.15, -0.1) is 0 Å². The number of aromatic nitrogens is 1. The third-order valence-electron chi connectivity index (χ3n) is 5.23. The molecule has 0 spiro atoms. The van der Waals surface area contributed by atoms with E-state index in [4.69, 9.17) is 0 Å². The molecular formula is C22H24BrN3O3. The van der Waals surface area contributed by atoms with Gasteiger partial charge in [-0.3, -0.25) is 14.9 Å². The molecule has 1 aromatic heterocycles. The molecule has 7 heteroatoms. The van der Waals surface area contributed by atoms with Gasteiger partial charge in [0, 0.05) is 29.6 Å². The summed E-state index contributed by atoms with van der Waals surface area (Å²) in [6, 6.07) is 7.09. The number of Topliss-reactive ketones (excluding diaryl/α,β-unsaturated/α-hetero) is 2. The van der Waals surface area contributed by atoms with E-state index in [0.717, 1.165) is 26.7 Å². The maximum absolute atomic E-state index is 12.9. The zero-order chi connectivity index (χ0) is 21.1. The van der Waals surface area contributed by atoms with Gasteiger partial charge in [-0.1, -0.05) is 17.7 Å². The van der Waals surface area contributed by atoms with Crippen LogP contribution in [-0.4, -0.2) is 29.1 Å². The quantitative estimate of drug-likeness (QED) is 0.657. The molecule has 3 rings (SSSR count). The van der Waals surface area contributed by atoms with Gasteiger partial charge in [0.1, 0.15) is 17.5 Å². The fourth-order valence-corrected chi connectivity index (χ4v) is 4.25. The second-order valence-electron chi connectivity index (χ2n) is 7.55. The van der Waals surface area contributed by atoms with Crippen molar-refractivity contribution in [1.82, 2.24) is 10.3 Å². The fourth-order valence-electron chi connectivity index (χ4n) is 4.02. The van der Waals surface area contributed by atoms with Crippen molar-refractivity contribution in [1.29, 1.82) is 0 Å². The summed E-state index contributed by atoms with van der Waals surface area (Å²) in [5, 5.41) is 5.36. The number of hydrogen-bond donors (Lipinski definition) is 2. The van der Waals surface area contributed by atoms with Crippen molar-refractivity contribution < 1.29 is 14.4 Å². The molecule has 1 heterocycles. The number of anilines is 1. The molecule has 0 aliphatic heterocycles. The van der Waals surface area contributed by atoms with Crippen LogP contribution in [0, 0.1) is 26.7 Å². The predicted octanol–water partition coefficient (Wildman–Crippen LogP) is 4.22. The topological polar surface area (TPSA) is 88.2 Å². The van der Waals surface area contributed by atoms with Crippen molar-refractivity contribution in [3.8, 4) is 0 Å². The van der Waals surface area contributed by atoms with Crippen LogP contribution < -0.4 is 10.6 Å². The lowest BCUT2D eigenvalue weighted by atomic mass is 9.86. The molecule has 1 fully saturated rings. The predicted molar refractivity (Wildman–Crippen MR) is 115 cm³/mol. The molecule has 29 heavy (non-hydrogen) atoms. The van der Waals surface area contributed by atoms with Crippen molar-refractivity contribution >= 4 is 39.3 Å². The lowest BCUT2D eigenvalue weighted by molar-refractivity contribution is -0.124. The molecule has 152 valence electrons. The van der Waals surface area contributed by atoms with Crippen LogP contribution in [0.4, 0.5) is 10.6 Å². The van der Waals surface area contributed by atoms with E-state index >= 15 is 0 Å². The Bertz CT molecular complexity index is 933. The van der Waals surface area contributed by atoms with Crippen LogP contribution in [-0.2, 0) is 9.59 Å². The number of urea groups is 1. The zero-order valence-corrected chi connectivity index (χ0v) is 18.3. The van der Waals surface area contributed by atoms with Crippen LogP contribution in [0.2, 0.25) is 0 Å². The van der Waals surface area contributed by atoms with Gasteiger partial charge in [0.05, 0.1) is 0 Å². The maximum atomic E-state index is 12.9. The number of halogens is 1. The molecule has 2 amide bonds. The van der Waals surface area contributed by atoms with E-state index in [-0.39, 0.29) is 23.9 Å². The van der Waals surface area contributed by atoms with Gasteiger partial charge in [0.25, 0.3) is 0 Å². The Morgan fingerprint density at radius 3 is 2.48 bits per heavy atom. The number of ketones is 2. The van der Waals surface area contributed by atoms with Crippen LogP contribution in [0.3, 0.4) is 0 Å². The van der Waals surface area contributed by atoms with E-state index in [0.29, 0.717) is 18.8 Å². The lowest BCUT2D eigenvalue weighted by Crippen LogP contribution is -2.31.